The average Bonchev–Trinajstić information content (AvgIpc) is 3.05. The highest BCUT2D eigenvalue weighted by molar-refractivity contribution is 5.92. The third kappa shape index (κ3) is 4.70. The molecule has 0 spiro atoms. The molecule has 5 nitrogen and oxygen atoms in total. The predicted octanol–water partition coefficient (Wildman–Crippen LogP) is 2.12. The highest BCUT2D eigenvalue weighted by Crippen LogP contribution is 2.11. The van der Waals surface area contributed by atoms with Gasteiger partial charge < -0.3 is 10.6 Å². The van der Waals surface area contributed by atoms with Crippen LogP contribution in [-0.4, -0.2) is 48.0 Å². The molecule has 1 aliphatic heterocycles. The molecule has 2 heterocycles. The Morgan fingerprint density at radius 2 is 2.14 bits per heavy atom. The van der Waals surface area contributed by atoms with Gasteiger partial charge in [0.2, 0.25) is 0 Å². The Kier molecular flexibility index (Phi) is 5.99. The van der Waals surface area contributed by atoms with Crippen LogP contribution in [0.5, 0.6) is 0 Å². The lowest BCUT2D eigenvalue weighted by molar-refractivity contribution is 0.0935. The average molecular weight is 290 g/mol. The lowest BCUT2D eigenvalue weighted by Crippen LogP contribution is -2.40. The molecule has 1 saturated heterocycles. The van der Waals surface area contributed by atoms with Gasteiger partial charge in [-0.1, -0.05) is 6.92 Å². The summed E-state index contributed by atoms with van der Waals surface area (Å²) in [4.78, 5) is 18.7. The molecular weight excluding hydrogens is 264 g/mol. The van der Waals surface area contributed by atoms with E-state index in [0.717, 1.165) is 31.7 Å². The van der Waals surface area contributed by atoms with Gasteiger partial charge in [-0.05, 0) is 51.4 Å². The maximum atomic E-state index is 12.1. The molecule has 1 aromatic rings. The molecule has 0 saturated carbocycles. The minimum absolute atomic E-state index is 0.0944. The molecule has 1 atom stereocenters. The number of nitrogens with one attached hydrogen (secondary N) is 2. The first-order valence-corrected chi connectivity index (χ1v) is 7.93. The van der Waals surface area contributed by atoms with E-state index in [4.69, 9.17) is 0 Å². The van der Waals surface area contributed by atoms with Gasteiger partial charge in [0.25, 0.3) is 5.91 Å². The summed E-state index contributed by atoms with van der Waals surface area (Å²) < 4.78 is 0. The first-order chi connectivity index (χ1) is 10.2. The van der Waals surface area contributed by atoms with Crippen molar-refractivity contribution in [1.82, 2.24) is 15.2 Å². The fourth-order valence-electron chi connectivity index (χ4n) is 2.54. The van der Waals surface area contributed by atoms with E-state index in [1.165, 1.54) is 12.8 Å². The molecule has 1 aromatic heterocycles. The number of aromatic nitrogens is 1. The molecule has 0 aliphatic carbocycles. The van der Waals surface area contributed by atoms with Crippen LogP contribution < -0.4 is 10.6 Å². The fraction of sp³-hybridized carbons (Fsp3) is 0.625. The van der Waals surface area contributed by atoms with Crippen molar-refractivity contribution in [2.75, 3.05) is 31.5 Å². The maximum absolute atomic E-state index is 12.1. The van der Waals surface area contributed by atoms with Crippen LogP contribution in [0.15, 0.2) is 18.3 Å². The highest BCUT2D eigenvalue weighted by Gasteiger charge is 2.18. The standard InChI is InChI=1S/C16H26N4O/c1-3-8-17-14-6-7-15(18-12-14)16(21)19-11-13(2)20-9-4-5-10-20/h6-7,12-13,17H,3-5,8-11H2,1-2H3,(H,19,21). The van der Waals surface area contributed by atoms with Crippen molar-refractivity contribution in [2.24, 2.45) is 0 Å². The number of rotatable bonds is 7. The van der Waals surface area contributed by atoms with Crippen molar-refractivity contribution in [3.05, 3.63) is 24.0 Å². The minimum Gasteiger partial charge on any atom is -0.384 e. The SMILES string of the molecule is CCCNc1ccc(C(=O)NCC(C)N2CCCC2)nc1. The molecule has 2 N–H and O–H groups in total. The van der Waals surface area contributed by atoms with Crippen LogP contribution in [0.25, 0.3) is 0 Å². The van der Waals surface area contributed by atoms with Crippen molar-refractivity contribution >= 4 is 11.6 Å². The van der Waals surface area contributed by atoms with Crippen LogP contribution in [0, 0.1) is 0 Å². The van der Waals surface area contributed by atoms with Gasteiger partial charge in [0.15, 0.2) is 0 Å². The first kappa shape index (κ1) is 15.8. The van der Waals surface area contributed by atoms with Crippen molar-refractivity contribution < 1.29 is 4.79 Å². The summed E-state index contributed by atoms with van der Waals surface area (Å²) in [5, 5.41) is 6.22. The monoisotopic (exact) mass is 290 g/mol. The quantitative estimate of drug-likeness (QED) is 0.807. The van der Waals surface area contributed by atoms with Crippen LogP contribution in [0.2, 0.25) is 0 Å². The van der Waals surface area contributed by atoms with Crippen LogP contribution in [-0.2, 0) is 0 Å². The first-order valence-electron chi connectivity index (χ1n) is 7.93. The molecule has 21 heavy (non-hydrogen) atoms. The molecule has 0 radical (unpaired) electrons. The summed E-state index contributed by atoms with van der Waals surface area (Å²) >= 11 is 0. The largest absolute Gasteiger partial charge is 0.384 e. The normalized spacial score (nSPS) is 16.7. The van der Waals surface area contributed by atoms with Gasteiger partial charge in [-0.15, -0.1) is 0 Å². The minimum atomic E-state index is -0.0944. The zero-order valence-electron chi connectivity index (χ0n) is 13.1. The second kappa shape index (κ2) is 7.98. The summed E-state index contributed by atoms with van der Waals surface area (Å²) in [5.74, 6) is -0.0944. The van der Waals surface area contributed by atoms with Crippen LogP contribution in [0.3, 0.4) is 0 Å². The van der Waals surface area contributed by atoms with Crippen LogP contribution in [0.1, 0.15) is 43.6 Å². The zero-order chi connectivity index (χ0) is 15.1. The van der Waals surface area contributed by atoms with E-state index in [1.54, 1.807) is 12.3 Å². The Bertz CT molecular complexity index is 440. The van der Waals surface area contributed by atoms with Gasteiger partial charge in [0.05, 0.1) is 11.9 Å². The molecule has 1 amide bonds. The van der Waals surface area contributed by atoms with Crippen LogP contribution in [0.4, 0.5) is 5.69 Å². The summed E-state index contributed by atoms with van der Waals surface area (Å²) in [5.41, 5.74) is 1.43. The summed E-state index contributed by atoms with van der Waals surface area (Å²) in [7, 11) is 0. The molecule has 116 valence electrons. The molecular formula is C16H26N4O. The third-order valence-electron chi connectivity index (χ3n) is 3.90. The fourth-order valence-corrected chi connectivity index (χ4v) is 2.54. The second-order valence-corrected chi connectivity index (χ2v) is 5.66. The Morgan fingerprint density at radius 3 is 2.76 bits per heavy atom. The predicted molar refractivity (Wildman–Crippen MR) is 85.6 cm³/mol. The topological polar surface area (TPSA) is 57.3 Å². The number of likely N-dealkylation sites (tertiary alicyclic amines) is 1. The van der Waals surface area contributed by atoms with E-state index in [1.807, 2.05) is 6.07 Å². The molecule has 1 aliphatic rings. The van der Waals surface area contributed by atoms with E-state index in [0.29, 0.717) is 18.3 Å². The summed E-state index contributed by atoms with van der Waals surface area (Å²) in [6.07, 6.45) is 5.32. The van der Waals surface area contributed by atoms with Gasteiger partial charge in [-0.2, -0.15) is 0 Å². The second-order valence-electron chi connectivity index (χ2n) is 5.66. The highest BCUT2D eigenvalue weighted by atomic mass is 16.1. The van der Waals surface area contributed by atoms with Crippen LogP contribution >= 0.6 is 0 Å². The zero-order valence-corrected chi connectivity index (χ0v) is 13.1. The molecule has 0 aromatic carbocycles. The smallest absolute Gasteiger partial charge is 0.269 e. The molecule has 1 fully saturated rings. The van der Waals surface area contributed by atoms with Crippen molar-refractivity contribution in [1.29, 1.82) is 0 Å². The number of hydrogen-bond acceptors (Lipinski definition) is 4. The number of nitrogens with zero attached hydrogens (tertiary/aromatic N) is 2. The number of carbonyl (C=O) groups is 1. The molecule has 5 heteroatoms. The van der Waals surface area contributed by atoms with E-state index >= 15 is 0 Å². The maximum Gasteiger partial charge on any atom is 0.269 e. The van der Waals surface area contributed by atoms with Gasteiger partial charge in [0.1, 0.15) is 5.69 Å². The van der Waals surface area contributed by atoms with Crippen molar-refractivity contribution in [3.8, 4) is 0 Å². The Labute approximate surface area is 127 Å². The van der Waals surface area contributed by atoms with Crippen molar-refractivity contribution in [2.45, 2.75) is 39.2 Å². The molecule has 2 rings (SSSR count). The number of carbonyl (C=O) groups excluding carboxylic acids is 1. The van der Waals surface area contributed by atoms with E-state index < -0.39 is 0 Å². The third-order valence-corrected chi connectivity index (χ3v) is 3.90. The number of amides is 1. The number of anilines is 1. The van der Waals surface area contributed by atoms with Crippen molar-refractivity contribution in [3.63, 3.8) is 0 Å². The van der Waals surface area contributed by atoms with E-state index in [2.05, 4.69) is 34.4 Å². The molecule has 1 unspecified atom stereocenters. The molecule has 0 bridgehead atoms. The van der Waals surface area contributed by atoms with Gasteiger partial charge >= 0.3 is 0 Å². The Hall–Kier alpha value is -1.62. The Morgan fingerprint density at radius 1 is 1.38 bits per heavy atom. The van der Waals surface area contributed by atoms with Gasteiger partial charge in [-0.3, -0.25) is 9.69 Å². The van der Waals surface area contributed by atoms with E-state index in [9.17, 15) is 4.79 Å². The lowest BCUT2D eigenvalue weighted by atomic mass is 10.2. The summed E-state index contributed by atoms with van der Waals surface area (Å²) in [6.45, 7) is 8.16. The van der Waals surface area contributed by atoms with Gasteiger partial charge in [0, 0.05) is 19.1 Å². The number of pyridine rings is 1. The Balaban J connectivity index is 1.79. The van der Waals surface area contributed by atoms with E-state index in [-0.39, 0.29) is 5.91 Å². The van der Waals surface area contributed by atoms with Gasteiger partial charge in [-0.25, -0.2) is 4.98 Å². The number of hydrogen-bond donors (Lipinski definition) is 2. The summed E-state index contributed by atoms with van der Waals surface area (Å²) in [6, 6.07) is 4.07. The lowest BCUT2D eigenvalue weighted by Gasteiger charge is -2.23.